The van der Waals surface area contributed by atoms with E-state index < -0.39 is 6.09 Å². The number of ether oxygens (including phenoxy) is 1. The van der Waals surface area contributed by atoms with Crippen molar-refractivity contribution in [2.24, 2.45) is 10.2 Å². The Morgan fingerprint density at radius 1 is 1.09 bits per heavy atom. The third-order valence-electron chi connectivity index (χ3n) is 2.98. The number of hydrogen-bond acceptors (Lipinski definition) is 4. The molecule has 2 N–H and O–H groups in total. The minimum absolute atomic E-state index is 0.276. The summed E-state index contributed by atoms with van der Waals surface area (Å²) in [5.41, 5.74) is 2.65. The third-order valence-corrected chi connectivity index (χ3v) is 2.98. The normalized spacial score (nSPS) is 10.6. The van der Waals surface area contributed by atoms with Crippen LogP contribution in [0.25, 0.3) is 0 Å². The molecule has 0 aliphatic carbocycles. The minimum atomic E-state index is -1.04. The van der Waals surface area contributed by atoms with Gasteiger partial charge in [0.15, 0.2) is 0 Å². The highest BCUT2D eigenvalue weighted by atomic mass is 16.5. The number of nitrogens with zero attached hydrogens (tertiary/aromatic N) is 2. The summed E-state index contributed by atoms with van der Waals surface area (Å²) in [6.07, 6.45) is -1.04. The number of carboxylic acid groups (broad SMARTS) is 1. The van der Waals surface area contributed by atoms with E-state index in [-0.39, 0.29) is 6.54 Å². The summed E-state index contributed by atoms with van der Waals surface area (Å²) in [5.74, 6) is 0.811. The first-order valence-corrected chi connectivity index (χ1v) is 6.73. The van der Waals surface area contributed by atoms with Crippen LogP contribution < -0.4 is 10.1 Å². The van der Waals surface area contributed by atoms with Crippen molar-refractivity contribution >= 4 is 11.8 Å². The molecule has 0 unspecified atom stereocenters. The average Bonchev–Trinajstić information content (AvgIpc) is 2.55. The van der Waals surface area contributed by atoms with Crippen molar-refractivity contribution in [3.05, 3.63) is 59.7 Å². The van der Waals surface area contributed by atoms with Crippen molar-refractivity contribution in [1.82, 2.24) is 5.32 Å². The first-order valence-electron chi connectivity index (χ1n) is 6.73. The predicted octanol–water partition coefficient (Wildman–Crippen LogP) is 3.75. The zero-order chi connectivity index (χ0) is 15.8. The van der Waals surface area contributed by atoms with Gasteiger partial charge in [-0.25, -0.2) is 4.79 Å². The maximum Gasteiger partial charge on any atom is 0.404 e. The molecule has 0 atom stereocenters. The Morgan fingerprint density at radius 2 is 1.73 bits per heavy atom. The van der Waals surface area contributed by atoms with E-state index in [1.54, 1.807) is 19.2 Å². The molecule has 6 nitrogen and oxygen atoms in total. The summed E-state index contributed by atoms with van der Waals surface area (Å²) in [6.45, 7) is 0.769. The largest absolute Gasteiger partial charge is 0.497 e. The van der Waals surface area contributed by atoms with E-state index in [1.165, 1.54) is 0 Å². The van der Waals surface area contributed by atoms with Crippen LogP contribution in [0.3, 0.4) is 0 Å². The highest BCUT2D eigenvalue weighted by Crippen LogP contribution is 2.16. The summed E-state index contributed by atoms with van der Waals surface area (Å²) in [7, 11) is 1.63. The van der Waals surface area contributed by atoms with E-state index in [2.05, 4.69) is 15.5 Å². The molecular formula is C16H17N3O3. The molecule has 22 heavy (non-hydrogen) atoms. The molecular weight excluding hydrogens is 282 g/mol. The van der Waals surface area contributed by atoms with Crippen molar-refractivity contribution in [3.8, 4) is 5.75 Å². The van der Waals surface area contributed by atoms with Gasteiger partial charge in [-0.3, -0.25) is 0 Å². The number of rotatable bonds is 6. The molecule has 0 aliphatic heterocycles. The van der Waals surface area contributed by atoms with Gasteiger partial charge >= 0.3 is 6.09 Å². The molecule has 0 spiro atoms. The van der Waals surface area contributed by atoms with Crippen LogP contribution >= 0.6 is 0 Å². The zero-order valence-corrected chi connectivity index (χ0v) is 12.2. The number of hydrogen-bond donors (Lipinski definition) is 2. The number of amides is 1. The Morgan fingerprint density at radius 3 is 2.32 bits per heavy atom. The number of methoxy groups -OCH3 is 1. The fourth-order valence-corrected chi connectivity index (χ4v) is 1.79. The summed E-state index contributed by atoms with van der Waals surface area (Å²) in [5, 5.41) is 19.1. The number of carbonyl (C=O) groups is 1. The van der Waals surface area contributed by atoms with E-state index in [0.717, 1.165) is 22.6 Å². The minimum Gasteiger partial charge on any atom is -0.497 e. The molecule has 0 aromatic heterocycles. The van der Waals surface area contributed by atoms with Gasteiger partial charge < -0.3 is 15.2 Å². The predicted molar refractivity (Wildman–Crippen MR) is 82.5 cm³/mol. The van der Waals surface area contributed by atoms with Crippen molar-refractivity contribution in [2.45, 2.75) is 13.1 Å². The number of nitrogens with one attached hydrogen (secondary N) is 1. The van der Waals surface area contributed by atoms with Crippen LogP contribution in [0.1, 0.15) is 11.1 Å². The molecule has 0 bridgehead atoms. The summed E-state index contributed by atoms with van der Waals surface area (Å²) >= 11 is 0. The molecule has 0 fully saturated rings. The van der Waals surface area contributed by atoms with Gasteiger partial charge in [-0.05, 0) is 35.4 Å². The second-order valence-electron chi connectivity index (χ2n) is 4.57. The van der Waals surface area contributed by atoms with Crippen LogP contribution in [0, 0.1) is 0 Å². The molecule has 2 rings (SSSR count). The van der Waals surface area contributed by atoms with Gasteiger partial charge in [0.2, 0.25) is 0 Å². The fraction of sp³-hybridized carbons (Fsp3) is 0.188. The lowest BCUT2D eigenvalue weighted by atomic mass is 10.2. The van der Waals surface area contributed by atoms with Crippen LogP contribution in [0.4, 0.5) is 10.5 Å². The highest BCUT2D eigenvalue weighted by Gasteiger charge is 1.97. The van der Waals surface area contributed by atoms with Crippen LogP contribution in [0.2, 0.25) is 0 Å². The monoisotopic (exact) mass is 299 g/mol. The molecule has 2 aromatic carbocycles. The molecule has 0 saturated heterocycles. The maximum absolute atomic E-state index is 10.4. The highest BCUT2D eigenvalue weighted by molar-refractivity contribution is 5.64. The van der Waals surface area contributed by atoms with Crippen molar-refractivity contribution in [3.63, 3.8) is 0 Å². The second kappa shape index (κ2) is 7.78. The topological polar surface area (TPSA) is 83.3 Å². The Hall–Kier alpha value is -2.89. The number of azo groups is 1. The van der Waals surface area contributed by atoms with Gasteiger partial charge in [-0.15, -0.1) is 0 Å². The standard InChI is InChI=1S/C16H17N3O3/c1-22-15-8-4-13(5-9-15)11-18-19-14-6-2-12(3-7-14)10-17-16(20)21/h2-9,17H,10-11H2,1H3,(H,20,21). The van der Waals surface area contributed by atoms with Crippen molar-refractivity contribution in [2.75, 3.05) is 7.11 Å². The molecule has 1 amide bonds. The second-order valence-corrected chi connectivity index (χ2v) is 4.57. The van der Waals surface area contributed by atoms with E-state index in [9.17, 15) is 4.79 Å². The van der Waals surface area contributed by atoms with Crippen LogP contribution in [0.5, 0.6) is 5.75 Å². The quantitative estimate of drug-likeness (QED) is 0.797. The zero-order valence-electron chi connectivity index (χ0n) is 12.2. The summed E-state index contributed by atoms with van der Waals surface area (Å²) in [6, 6.07) is 14.9. The first kappa shape index (κ1) is 15.5. The van der Waals surface area contributed by atoms with Crippen LogP contribution in [-0.2, 0) is 13.1 Å². The fourth-order valence-electron chi connectivity index (χ4n) is 1.79. The molecule has 114 valence electrons. The van der Waals surface area contributed by atoms with Gasteiger partial charge in [-0.2, -0.15) is 10.2 Å². The van der Waals surface area contributed by atoms with Gasteiger partial charge in [0, 0.05) is 6.54 Å². The van der Waals surface area contributed by atoms with E-state index in [1.807, 2.05) is 36.4 Å². The first-order chi connectivity index (χ1) is 10.7. The van der Waals surface area contributed by atoms with Crippen molar-refractivity contribution in [1.29, 1.82) is 0 Å². The Bertz CT molecular complexity index is 637. The number of benzene rings is 2. The van der Waals surface area contributed by atoms with Gasteiger partial charge in [-0.1, -0.05) is 24.3 Å². The molecule has 0 aliphatic rings. The molecule has 0 heterocycles. The summed E-state index contributed by atoms with van der Waals surface area (Å²) in [4.78, 5) is 10.4. The molecule has 0 radical (unpaired) electrons. The average molecular weight is 299 g/mol. The van der Waals surface area contributed by atoms with Gasteiger partial charge in [0.05, 0.1) is 19.3 Å². The molecule has 0 saturated carbocycles. The maximum atomic E-state index is 10.4. The van der Waals surface area contributed by atoms with Crippen LogP contribution in [-0.4, -0.2) is 18.3 Å². The third kappa shape index (κ3) is 4.90. The van der Waals surface area contributed by atoms with E-state index in [0.29, 0.717) is 6.54 Å². The Labute approximate surface area is 128 Å². The smallest absolute Gasteiger partial charge is 0.404 e. The Kier molecular flexibility index (Phi) is 5.48. The van der Waals surface area contributed by atoms with Crippen LogP contribution in [0.15, 0.2) is 58.8 Å². The SMILES string of the molecule is COc1ccc(CN=Nc2ccc(CNC(=O)O)cc2)cc1. The van der Waals surface area contributed by atoms with Gasteiger partial charge in [0.25, 0.3) is 0 Å². The van der Waals surface area contributed by atoms with Crippen molar-refractivity contribution < 1.29 is 14.6 Å². The summed E-state index contributed by atoms with van der Waals surface area (Å²) < 4.78 is 5.09. The lowest BCUT2D eigenvalue weighted by Crippen LogP contribution is -2.19. The lowest BCUT2D eigenvalue weighted by Gasteiger charge is -2.01. The van der Waals surface area contributed by atoms with E-state index in [4.69, 9.17) is 9.84 Å². The Balaban J connectivity index is 1.88. The van der Waals surface area contributed by atoms with E-state index >= 15 is 0 Å². The molecule has 6 heteroatoms. The molecule has 2 aromatic rings. The van der Waals surface area contributed by atoms with Gasteiger partial charge in [0.1, 0.15) is 5.75 Å². The lowest BCUT2D eigenvalue weighted by molar-refractivity contribution is 0.194.